The highest BCUT2D eigenvalue weighted by Crippen LogP contribution is 2.26. The Hall–Kier alpha value is -2.47. The molecule has 4 rings (SSSR count). The van der Waals surface area contributed by atoms with Crippen molar-refractivity contribution in [3.63, 3.8) is 0 Å². The number of carbonyl (C=O) groups excluding carboxylic acids is 2. The first-order valence-electron chi connectivity index (χ1n) is 12.7. The molecule has 1 N–H and O–H groups in total. The molecule has 1 aliphatic rings. The van der Waals surface area contributed by atoms with Crippen molar-refractivity contribution < 1.29 is 9.59 Å². The molecule has 0 aliphatic heterocycles. The summed E-state index contributed by atoms with van der Waals surface area (Å²) in [4.78, 5) is 30.3. The lowest BCUT2D eigenvalue weighted by atomic mass is 10.0. The molecule has 1 fully saturated rings. The second-order valence-electron chi connectivity index (χ2n) is 9.36. The molecule has 0 spiro atoms. The van der Waals surface area contributed by atoms with Crippen LogP contribution in [0.2, 0.25) is 10.0 Å². The van der Waals surface area contributed by atoms with Gasteiger partial charge >= 0.3 is 0 Å². The average molecular weight is 556 g/mol. The maximum atomic E-state index is 13.8. The van der Waals surface area contributed by atoms with Crippen molar-refractivity contribution >= 4 is 46.8 Å². The number of carbonyl (C=O) groups is 2. The van der Waals surface area contributed by atoms with Crippen LogP contribution in [-0.2, 0) is 22.6 Å². The van der Waals surface area contributed by atoms with Crippen LogP contribution in [0.3, 0.4) is 0 Å². The molecule has 3 aromatic carbocycles. The van der Waals surface area contributed by atoms with Gasteiger partial charge in [-0.2, -0.15) is 0 Å². The van der Waals surface area contributed by atoms with Crippen molar-refractivity contribution in [3.05, 3.63) is 100 Å². The molecule has 0 heterocycles. The van der Waals surface area contributed by atoms with Gasteiger partial charge in [0.05, 0.1) is 0 Å². The summed E-state index contributed by atoms with van der Waals surface area (Å²) in [5.41, 5.74) is 1.77. The van der Waals surface area contributed by atoms with Gasteiger partial charge in [0.1, 0.15) is 6.04 Å². The summed E-state index contributed by atoms with van der Waals surface area (Å²) in [6.45, 7) is 0.237. The summed E-state index contributed by atoms with van der Waals surface area (Å²) >= 11 is 14.3. The maximum absolute atomic E-state index is 13.8. The molecule has 1 atom stereocenters. The molecule has 7 heteroatoms. The van der Waals surface area contributed by atoms with E-state index in [0.717, 1.165) is 41.7 Å². The highest BCUT2D eigenvalue weighted by molar-refractivity contribution is 7.99. The standard InChI is InChI=1S/C30H32Cl2N2O2S/c31-24-16-15-23(27(32)20-24)21-34(29(35)17-18-37-26-13-5-2-6-14-26)28(19-22-9-3-1-4-10-22)30(36)33-25-11-7-8-12-25/h1-6,9-10,13-16,20,25,28H,7-8,11-12,17-19,21H2,(H,33,36). The van der Waals surface area contributed by atoms with Crippen molar-refractivity contribution in [2.24, 2.45) is 0 Å². The molecule has 0 radical (unpaired) electrons. The summed E-state index contributed by atoms with van der Waals surface area (Å²) in [5.74, 6) is 0.442. The quantitative estimate of drug-likeness (QED) is 0.255. The molecule has 1 unspecified atom stereocenters. The minimum atomic E-state index is -0.649. The van der Waals surface area contributed by atoms with Gasteiger partial charge in [-0.05, 0) is 48.2 Å². The number of hydrogen-bond donors (Lipinski definition) is 1. The normalized spacial score (nSPS) is 14.3. The first-order valence-corrected chi connectivity index (χ1v) is 14.5. The van der Waals surface area contributed by atoms with Crippen LogP contribution in [0.25, 0.3) is 0 Å². The highest BCUT2D eigenvalue weighted by atomic mass is 35.5. The van der Waals surface area contributed by atoms with E-state index in [-0.39, 0.29) is 24.4 Å². The summed E-state index contributed by atoms with van der Waals surface area (Å²) in [5, 5.41) is 4.25. The van der Waals surface area contributed by atoms with E-state index < -0.39 is 6.04 Å². The molecule has 0 aromatic heterocycles. The molecule has 1 aliphatic carbocycles. The van der Waals surface area contributed by atoms with Gasteiger partial charge in [-0.3, -0.25) is 9.59 Å². The number of hydrogen-bond acceptors (Lipinski definition) is 3. The fourth-order valence-electron chi connectivity index (χ4n) is 4.67. The van der Waals surface area contributed by atoms with Gasteiger partial charge in [0.15, 0.2) is 0 Å². The maximum Gasteiger partial charge on any atom is 0.243 e. The van der Waals surface area contributed by atoms with Crippen LogP contribution in [0.1, 0.15) is 43.2 Å². The van der Waals surface area contributed by atoms with Crippen LogP contribution in [-0.4, -0.2) is 34.6 Å². The van der Waals surface area contributed by atoms with Gasteiger partial charge in [-0.25, -0.2) is 0 Å². The molecular weight excluding hydrogens is 523 g/mol. The topological polar surface area (TPSA) is 49.4 Å². The molecule has 0 bridgehead atoms. The monoisotopic (exact) mass is 554 g/mol. The SMILES string of the molecule is O=C(NC1CCCC1)C(Cc1ccccc1)N(Cc1ccc(Cl)cc1Cl)C(=O)CCSc1ccccc1. The van der Waals surface area contributed by atoms with Crippen molar-refractivity contribution in [2.75, 3.05) is 5.75 Å². The summed E-state index contributed by atoms with van der Waals surface area (Å²) in [6.07, 6.45) is 4.94. The lowest BCUT2D eigenvalue weighted by Gasteiger charge is -2.32. The largest absolute Gasteiger partial charge is 0.352 e. The molecule has 1 saturated carbocycles. The Morgan fingerprint density at radius 2 is 1.62 bits per heavy atom. The van der Waals surface area contributed by atoms with E-state index >= 15 is 0 Å². The average Bonchev–Trinajstić information content (AvgIpc) is 3.41. The zero-order valence-corrected chi connectivity index (χ0v) is 23.1. The van der Waals surface area contributed by atoms with E-state index in [0.29, 0.717) is 28.6 Å². The number of benzene rings is 3. The smallest absolute Gasteiger partial charge is 0.243 e. The molecule has 194 valence electrons. The minimum absolute atomic E-state index is 0.0723. The van der Waals surface area contributed by atoms with Crippen LogP contribution in [0.15, 0.2) is 83.8 Å². The van der Waals surface area contributed by atoms with E-state index in [4.69, 9.17) is 23.2 Å². The van der Waals surface area contributed by atoms with Crippen molar-refractivity contribution in [2.45, 2.75) is 62.0 Å². The van der Waals surface area contributed by atoms with Gasteiger partial charge in [-0.1, -0.05) is 90.6 Å². The van der Waals surface area contributed by atoms with Gasteiger partial charge in [0.25, 0.3) is 0 Å². The first-order chi connectivity index (χ1) is 18.0. The first kappa shape index (κ1) is 27.6. The Morgan fingerprint density at radius 1 is 0.946 bits per heavy atom. The molecule has 3 aromatic rings. The summed E-state index contributed by atoms with van der Waals surface area (Å²) in [6, 6.07) is 24.7. The number of thioether (sulfide) groups is 1. The molecule has 37 heavy (non-hydrogen) atoms. The zero-order valence-electron chi connectivity index (χ0n) is 20.7. The second kappa shape index (κ2) is 13.9. The number of nitrogens with zero attached hydrogens (tertiary/aromatic N) is 1. The Kier molecular flexibility index (Phi) is 10.4. The summed E-state index contributed by atoms with van der Waals surface area (Å²) < 4.78 is 0. The van der Waals surface area contributed by atoms with Gasteiger partial charge < -0.3 is 10.2 Å². The lowest BCUT2D eigenvalue weighted by molar-refractivity contribution is -0.141. The molecule has 2 amide bonds. The number of rotatable bonds is 11. The van der Waals surface area contributed by atoms with Gasteiger partial charge in [-0.15, -0.1) is 11.8 Å². The molecule has 4 nitrogen and oxygen atoms in total. The van der Waals surface area contributed by atoms with E-state index in [1.165, 1.54) is 0 Å². The van der Waals surface area contributed by atoms with Crippen molar-refractivity contribution in [1.82, 2.24) is 10.2 Å². The van der Waals surface area contributed by atoms with E-state index in [1.54, 1.807) is 28.8 Å². The van der Waals surface area contributed by atoms with Crippen LogP contribution < -0.4 is 5.32 Å². The second-order valence-corrected chi connectivity index (χ2v) is 11.4. The van der Waals surface area contributed by atoms with Crippen LogP contribution in [0.5, 0.6) is 0 Å². The molecule has 0 saturated heterocycles. The predicted octanol–water partition coefficient (Wildman–Crippen LogP) is 7.17. The third kappa shape index (κ3) is 8.26. The Bertz CT molecular complexity index is 1170. The Labute approximate surface area is 233 Å². The van der Waals surface area contributed by atoms with Crippen molar-refractivity contribution in [1.29, 1.82) is 0 Å². The predicted molar refractivity (Wildman–Crippen MR) is 153 cm³/mol. The number of nitrogens with one attached hydrogen (secondary N) is 1. The fraction of sp³-hybridized carbons (Fsp3) is 0.333. The fourth-order valence-corrected chi connectivity index (χ4v) is 6.00. The summed E-state index contributed by atoms with van der Waals surface area (Å²) in [7, 11) is 0. The Morgan fingerprint density at radius 3 is 2.30 bits per heavy atom. The van der Waals surface area contributed by atoms with E-state index in [1.807, 2.05) is 66.7 Å². The molecular formula is C30H32Cl2N2O2S. The highest BCUT2D eigenvalue weighted by Gasteiger charge is 2.32. The van der Waals surface area contributed by atoms with E-state index in [9.17, 15) is 9.59 Å². The Balaban J connectivity index is 1.59. The third-order valence-electron chi connectivity index (χ3n) is 6.66. The minimum Gasteiger partial charge on any atom is -0.352 e. The van der Waals surface area contributed by atoms with Gasteiger partial charge in [0.2, 0.25) is 11.8 Å². The van der Waals surface area contributed by atoms with Crippen LogP contribution in [0, 0.1) is 0 Å². The van der Waals surface area contributed by atoms with Crippen LogP contribution >= 0.6 is 35.0 Å². The van der Waals surface area contributed by atoms with Crippen LogP contribution in [0.4, 0.5) is 0 Å². The third-order valence-corrected chi connectivity index (χ3v) is 8.26. The van der Waals surface area contributed by atoms with E-state index in [2.05, 4.69) is 5.32 Å². The zero-order chi connectivity index (χ0) is 26.0. The van der Waals surface area contributed by atoms with Gasteiger partial charge in [0, 0.05) is 46.1 Å². The number of amides is 2. The number of halogens is 2. The lowest BCUT2D eigenvalue weighted by Crippen LogP contribution is -2.52. The van der Waals surface area contributed by atoms with Crippen molar-refractivity contribution in [3.8, 4) is 0 Å².